The van der Waals surface area contributed by atoms with Crippen molar-refractivity contribution in [3.8, 4) is 5.75 Å². The van der Waals surface area contributed by atoms with Crippen LogP contribution in [0.25, 0.3) is 0 Å². The van der Waals surface area contributed by atoms with Gasteiger partial charge in [-0.1, -0.05) is 25.4 Å². The molecular weight excluding hydrogens is 278 g/mol. The van der Waals surface area contributed by atoms with Gasteiger partial charge in [-0.3, -0.25) is 4.79 Å². The summed E-state index contributed by atoms with van der Waals surface area (Å²) in [5.41, 5.74) is 0.570. The van der Waals surface area contributed by atoms with Crippen LogP contribution in [0.1, 0.15) is 39.4 Å². The summed E-state index contributed by atoms with van der Waals surface area (Å²) in [6.07, 6.45) is -1.35. The lowest BCUT2D eigenvalue weighted by Crippen LogP contribution is -2.38. The molecule has 1 rings (SSSR count). The normalized spacial score (nSPS) is 13.9. The lowest BCUT2D eigenvalue weighted by atomic mass is 10.1. The Morgan fingerprint density at radius 1 is 1.35 bits per heavy atom. The molecule has 5 heteroatoms. The van der Waals surface area contributed by atoms with E-state index in [1.165, 1.54) is 0 Å². The quantitative estimate of drug-likeness (QED) is 0.849. The van der Waals surface area contributed by atoms with E-state index in [1.807, 2.05) is 13.8 Å². The van der Waals surface area contributed by atoms with Gasteiger partial charge in [0, 0.05) is 17.1 Å². The minimum absolute atomic E-state index is 0.176. The Labute approximate surface area is 125 Å². The van der Waals surface area contributed by atoms with Gasteiger partial charge in [-0.05, 0) is 38.0 Å². The molecular formula is C15H22ClNO3. The molecule has 2 atom stereocenters. The topological polar surface area (TPSA) is 58.6 Å². The molecule has 0 fully saturated rings. The number of benzene rings is 1. The zero-order valence-electron chi connectivity index (χ0n) is 12.3. The van der Waals surface area contributed by atoms with Crippen LogP contribution in [0.2, 0.25) is 5.02 Å². The van der Waals surface area contributed by atoms with Gasteiger partial charge >= 0.3 is 0 Å². The maximum absolute atomic E-state index is 11.9. The van der Waals surface area contributed by atoms with Crippen LogP contribution >= 0.6 is 11.6 Å². The van der Waals surface area contributed by atoms with Crippen molar-refractivity contribution in [1.29, 1.82) is 0 Å². The Morgan fingerprint density at radius 3 is 2.55 bits per heavy atom. The second-order valence-corrected chi connectivity index (χ2v) is 5.69. The molecule has 1 unspecified atom stereocenters. The Morgan fingerprint density at radius 2 is 2.00 bits per heavy atom. The third-order valence-electron chi connectivity index (χ3n) is 2.78. The van der Waals surface area contributed by atoms with Gasteiger partial charge in [0.05, 0.1) is 6.10 Å². The molecule has 0 bridgehead atoms. The summed E-state index contributed by atoms with van der Waals surface area (Å²) >= 11 is 5.90. The lowest BCUT2D eigenvalue weighted by molar-refractivity contribution is -0.127. The van der Waals surface area contributed by atoms with Crippen molar-refractivity contribution in [2.75, 3.05) is 6.54 Å². The zero-order chi connectivity index (χ0) is 15.3. The van der Waals surface area contributed by atoms with Crippen LogP contribution in [-0.4, -0.2) is 23.7 Å². The molecule has 0 aliphatic rings. The predicted octanol–water partition coefficient (Wildman–Crippen LogP) is 2.93. The van der Waals surface area contributed by atoms with Crippen LogP contribution in [0.4, 0.5) is 0 Å². The summed E-state index contributed by atoms with van der Waals surface area (Å²) in [6.45, 7) is 7.96. The monoisotopic (exact) mass is 299 g/mol. The van der Waals surface area contributed by atoms with Crippen LogP contribution < -0.4 is 10.1 Å². The first kappa shape index (κ1) is 16.8. The molecule has 2 N–H and O–H groups in total. The highest BCUT2D eigenvalue weighted by Crippen LogP contribution is 2.29. The fourth-order valence-corrected chi connectivity index (χ4v) is 1.83. The Bertz CT molecular complexity index is 460. The van der Waals surface area contributed by atoms with Crippen LogP contribution in [-0.2, 0) is 4.79 Å². The largest absolute Gasteiger partial charge is 0.481 e. The predicted molar refractivity (Wildman–Crippen MR) is 80.0 cm³/mol. The van der Waals surface area contributed by atoms with Crippen molar-refractivity contribution >= 4 is 17.5 Å². The number of nitrogens with one attached hydrogen (secondary N) is 1. The van der Waals surface area contributed by atoms with E-state index >= 15 is 0 Å². The van der Waals surface area contributed by atoms with Gasteiger partial charge in [0.2, 0.25) is 0 Å². The molecule has 0 saturated carbocycles. The number of aliphatic hydroxyl groups is 1. The molecule has 0 saturated heterocycles. The number of carbonyl (C=O) groups is 1. The molecule has 0 radical (unpaired) electrons. The van der Waals surface area contributed by atoms with Crippen molar-refractivity contribution in [2.24, 2.45) is 5.92 Å². The average molecular weight is 300 g/mol. The minimum Gasteiger partial charge on any atom is -0.481 e. The first-order valence-corrected chi connectivity index (χ1v) is 7.11. The molecule has 0 aromatic heterocycles. The van der Waals surface area contributed by atoms with Crippen molar-refractivity contribution in [2.45, 2.75) is 39.9 Å². The molecule has 1 amide bonds. The number of amides is 1. The number of ether oxygens (including phenoxy) is 1. The third-order valence-corrected chi connectivity index (χ3v) is 3.01. The van der Waals surface area contributed by atoms with Crippen molar-refractivity contribution in [3.05, 3.63) is 28.8 Å². The van der Waals surface area contributed by atoms with E-state index in [1.54, 1.807) is 32.0 Å². The fourth-order valence-electron chi connectivity index (χ4n) is 1.65. The smallest absolute Gasteiger partial charge is 0.260 e. The second kappa shape index (κ2) is 7.50. The number of halogens is 1. The van der Waals surface area contributed by atoms with E-state index in [0.717, 1.165) is 0 Å². The van der Waals surface area contributed by atoms with Gasteiger partial charge in [-0.15, -0.1) is 0 Å². The molecule has 0 heterocycles. The van der Waals surface area contributed by atoms with Crippen LogP contribution in [0, 0.1) is 5.92 Å². The standard InChI is InChI=1S/C15H22ClNO3/c1-9(2)8-17-15(19)11(4)20-14-6-5-12(16)7-13(14)10(3)18/h5-7,9-11,18H,8H2,1-4H3,(H,17,19)/t10-,11?/m0/s1. The summed E-state index contributed by atoms with van der Waals surface area (Å²) in [4.78, 5) is 11.9. The Kier molecular flexibility index (Phi) is 6.30. The fraction of sp³-hybridized carbons (Fsp3) is 0.533. The second-order valence-electron chi connectivity index (χ2n) is 5.26. The minimum atomic E-state index is -0.713. The highest BCUT2D eigenvalue weighted by molar-refractivity contribution is 6.30. The lowest BCUT2D eigenvalue weighted by Gasteiger charge is -2.19. The van der Waals surface area contributed by atoms with Crippen molar-refractivity contribution in [1.82, 2.24) is 5.32 Å². The van der Waals surface area contributed by atoms with E-state index in [9.17, 15) is 9.90 Å². The molecule has 1 aromatic carbocycles. The van der Waals surface area contributed by atoms with E-state index in [2.05, 4.69) is 5.32 Å². The summed E-state index contributed by atoms with van der Waals surface area (Å²) < 4.78 is 5.63. The van der Waals surface area contributed by atoms with Crippen molar-refractivity contribution < 1.29 is 14.6 Å². The van der Waals surface area contributed by atoms with Crippen molar-refractivity contribution in [3.63, 3.8) is 0 Å². The van der Waals surface area contributed by atoms with E-state index in [4.69, 9.17) is 16.3 Å². The van der Waals surface area contributed by atoms with Crippen LogP contribution in [0.3, 0.4) is 0 Å². The number of aliphatic hydroxyl groups excluding tert-OH is 1. The number of hydrogen-bond donors (Lipinski definition) is 2. The molecule has 4 nitrogen and oxygen atoms in total. The summed E-state index contributed by atoms with van der Waals surface area (Å²) in [5.74, 6) is 0.677. The first-order chi connectivity index (χ1) is 9.31. The average Bonchev–Trinajstić information content (AvgIpc) is 2.37. The van der Waals surface area contributed by atoms with Gasteiger partial charge in [-0.25, -0.2) is 0 Å². The molecule has 20 heavy (non-hydrogen) atoms. The Balaban J connectivity index is 2.75. The van der Waals surface area contributed by atoms with Crippen LogP contribution in [0.15, 0.2) is 18.2 Å². The SMILES string of the molecule is CC(C)CNC(=O)C(C)Oc1ccc(Cl)cc1[C@H](C)O. The molecule has 0 aliphatic heterocycles. The molecule has 0 aliphatic carbocycles. The zero-order valence-corrected chi connectivity index (χ0v) is 13.1. The van der Waals surface area contributed by atoms with Gasteiger partial charge < -0.3 is 15.2 Å². The number of carbonyl (C=O) groups excluding carboxylic acids is 1. The highest BCUT2D eigenvalue weighted by atomic mass is 35.5. The van der Waals surface area contributed by atoms with E-state index in [-0.39, 0.29) is 5.91 Å². The van der Waals surface area contributed by atoms with E-state index < -0.39 is 12.2 Å². The number of hydrogen-bond acceptors (Lipinski definition) is 3. The van der Waals surface area contributed by atoms with Gasteiger partial charge in [0.15, 0.2) is 6.10 Å². The maximum Gasteiger partial charge on any atom is 0.260 e. The summed E-state index contributed by atoms with van der Waals surface area (Å²) in [7, 11) is 0. The van der Waals surface area contributed by atoms with Crippen LogP contribution in [0.5, 0.6) is 5.75 Å². The van der Waals surface area contributed by atoms with Gasteiger partial charge in [0.1, 0.15) is 5.75 Å². The number of rotatable bonds is 6. The van der Waals surface area contributed by atoms with Gasteiger partial charge in [-0.2, -0.15) is 0 Å². The summed E-state index contributed by atoms with van der Waals surface area (Å²) in [6, 6.07) is 4.97. The Hall–Kier alpha value is -1.26. The first-order valence-electron chi connectivity index (χ1n) is 6.73. The molecule has 0 spiro atoms. The highest BCUT2D eigenvalue weighted by Gasteiger charge is 2.18. The van der Waals surface area contributed by atoms with E-state index in [0.29, 0.717) is 28.8 Å². The summed E-state index contributed by atoms with van der Waals surface area (Å²) in [5, 5.41) is 13.0. The third kappa shape index (κ3) is 5.02. The molecule has 1 aromatic rings. The maximum atomic E-state index is 11.9. The molecule has 112 valence electrons. The van der Waals surface area contributed by atoms with Gasteiger partial charge in [0.25, 0.3) is 5.91 Å².